The van der Waals surface area contributed by atoms with E-state index in [2.05, 4.69) is 15.1 Å². The molecular weight excluding hydrogens is 334 g/mol. The van der Waals surface area contributed by atoms with Crippen LogP contribution in [0, 0.1) is 0 Å². The second-order valence-corrected chi connectivity index (χ2v) is 6.58. The quantitative estimate of drug-likeness (QED) is 0.859. The largest absolute Gasteiger partial charge is 0.369 e. The van der Waals surface area contributed by atoms with Gasteiger partial charge in [-0.25, -0.2) is 14.5 Å². The van der Waals surface area contributed by atoms with Crippen molar-refractivity contribution < 1.29 is 9.59 Å². The van der Waals surface area contributed by atoms with Gasteiger partial charge in [0.05, 0.1) is 12.1 Å². The standard InChI is InChI=1S/C17H23N7O2/c1-22(2)17(26)23-9-5-12(6-10-23)16-20-15(11-14(18)25)21-24(16)13-3-7-19-8-4-13/h3-4,7-8,12H,5-6,9-11H2,1-2H3,(H2,18,25). The maximum absolute atomic E-state index is 12.1. The Morgan fingerprint density at radius 2 is 1.88 bits per heavy atom. The first-order valence-corrected chi connectivity index (χ1v) is 8.56. The summed E-state index contributed by atoms with van der Waals surface area (Å²) < 4.78 is 1.76. The summed E-state index contributed by atoms with van der Waals surface area (Å²) in [4.78, 5) is 35.4. The van der Waals surface area contributed by atoms with Crippen LogP contribution in [0.5, 0.6) is 0 Å². The molecule has 3 heterocycles. The Labute approximate surface area is 151 Å². The lowest BCUT2D eigenvalue weighted by molar-refractivity contribution is -0.117. The molecule has 0 aliphatic carbocycles. The van der Waals surface area contributed by atoms with E-state index in [0.717, 1.165) is 24.4 Å². The summed E-state index contributed by atoms with van der Waals surface area (Å²) >= 11 is 0. The molecule has 2 aromatic heterocycles. The van der Waals surface area contributed by atoms with Gasteiger partial charge < -0.3 is 15.5 Å². The van der Waals surface area contributed by atoms with E-state index < -0.39 is 5.91 Å². The molecule has 138 valence electrons. The first-order valence-electron chi connectivity index (χ1n) is 8.56. The molecule has 1 saturated heterocycles. The summed E-state index contributed by atoms with van der Waals surface area (Å²) in [5.74, 6) is 0.902. The molecule has 0 aromatic carbocycles. The van der Waals surface area contributed by atoms with Gasteiger partial charge in [-0.1, -0.05) is 0 Å². The number of likely N-dealkylation sites (tertiary alicyclic amines) is 1. The Kier molecular flexibility index (Phi) is 5.15. The highest BCUT2D eigenvalue weighted by molar-refractivity contribution is 5.75. The van der Waals surface area contributed by atoms with Crippen LogP contribution in [0.3, 0.4) is 0 Å². The number of hydrogen-bond donors (Lipinski definition) is 1. The fourth-order valence-electron chi connectivity index (χ4n) is 3.15. The van der Waals surface area contributed by atoms with E-state index in [1.807, 2.05) is 17.0 Å². The van der Waals surface area contributed by atoms with Gasteiger partial charge in [-0.3, -0.25) is 9.78 Å². The average Bonchev–Trinajstić information content (AvgIpc) is 3.05. The number of aromatic nitrogens is 4. The summed E-state index contributed by atoms with van der Waals surface area (Å²) in [7, 11) is 3.51. The van der Waals surface area contributed by atoms with Gasteiger partial charge in [0, 0.05) is 45.5 Å². The predicted octanol–water partition coefficient (Wildman–Crippen LogP) is 0.551. The van der Waals surface area contributed by atoms with Crippen LogP contribution >= 0.6 is 0 Å². The highest BCUT2D eigenvalue weighted by atomic mass is 16.2. The van der Waals surface area contributed by atoms with Crippen molar-refractivity contribution in [2.75, 3.05) is 27.2 Å². The lowest BCUT2D eigenvalue weighted by Gasteiger charge is -2.33. The monoisotopic (exact) mass is 357 g/mol. The molecule has 3 rings (SSSR count). The third-order valence-electron chi connectivity index (χ3n) is 4.43. The van der Waals surface area contributed by atoms with Crippen LogP contribution in [0.25, 0.3) is 5.69 Å². The molecule has 1 aliphatic rings. The van der Waals surface area contributed by atoms with Crippen molar-refractivity contribution in [2.45, 2.75) is 25.2 Å². The van der Waals surface area contributed by atoms with Crippen molar-refractivity contribution in [3.05, 3.63) is 36.2 Å². The Bertz CT molecular complexity index is 780. The Morgan fingerprint density at radius 1 is 1.23 bits per heavy atom. The molecule has 0 bridgehead atoms. The zero-order chi connectivity index (χ0) is 18.7. The number of rotatable bonds is 4. The van der Waals surface area contributed by atoms with Crippen LogP contribution in [0.4, 0.5) is 4.79 Å². The summed E-state index contributed by atoms with van der Waals surface area (Å²) in [5.41, 5.74) is 6.13. The predicted molar refractivity (Wildman–Crippen MR) is 94.7 cm³/mol. The third kappa shape index (κ3) is 3.81. The zero-order valence-electron chi connectivity index (χ0n) is 15.0. The number of carbonyl (C=O) groups is 2. The lowest BCUT2D eigenvalue weighted by Crippen LogP contribution is -2.43. The number of carbonyl (C=O) groups excluding carboxylic acids is 2. The molecule has 0 spiro atoms. The van der Waals surface area contributed by atoms with Gasteiger partial charge >= 0.3 is 6.03 Å². The minimum absolute atomic E-state index is 0.00302. The summed E-state index contributed by atoms with van der Waals surface area (Å²) in [6, 6.07) is 3.71. The van der Waals surface area contributed by atoms with Crippen LogP contribution in [0.15, 0.2) is 24.5 Å². The zero-order valence-corrected chi connectivity index (χ0v) is 15.0. The maximum Gasteiger partial charge on any atom is 0.319 e. The van der Waals surface area contributed by atoms with Gasteiger partial charge in [-0.15, -0.1) is 0 Å². The van der Waals surface area contributed by atoms with Crippen LogP contribution in [-0.2, 0) is 11.2 Å². The maximum atomic E-state index is 12.1. The van der Waals surface area contributed by atoms with Crippen LogP contribution < -0.4 is 5.73 Å². The first kappa shape index (κ1) is 17.8. The van der Waals surface area contributed by atoms with Gasteiger partial charge in [0.2, 0.25) is 5.91 Å². The van der Waals surface area contributed by atoms with Crippen molar-refractivity contribution >= 4 is 11.9 Å². The van der Waals surface area contributed by atoms with Crippen LogP contribution in [0.1, 0.15) is 30.4 Å². The highest BCUT2D eigenvalue weighted by Crippen LogP contribution is 2.28. The molecular formula is C17H23N7O2. The van der Waals surface area contributed by atoms with E-state index in [0.29, 0.717) is 18.9 Å². The fourth-order valence-corrected chi connectivity index (χ4v) is 3.15. The summed E-state index contributed by atoms with van der Waals surface area (Å²) in [5, 5.41) is 4.47. The molecule has 9 nitrogen and oxygen atoms in total. The van der Waals surface area contributed by atoms with Crippen molar-refractivity contribution in [1.82, 2.24) is 29.5 Å². The number of urea groups is 1. The van der Waals surface area contributed by atoms with Crippen molar-refractivity contribution in [3.63, 3.8) is 0 Å². The Balaban J connectivity index is 1.84. The van der Waals surface area contributed by atoms with E-state index in [1.54, 1.807) is 36.1 Å². The molecule has 2 aromatic rings. The van der Waals surface area contributed by atoms with Gasteiger partial charge in [0.15, 0.2) is 5.82 Å². The van der Waals surface area contributed by atoms with Gasteiger partial charge in [0.25, 0.3) is 0 Å². The Hall–Kier alpha value is -2.97. The molecule has 0 atom stereocenters. The fraction of sp³-hybridized carbons (Fsp3) is 0.471. The van der Waals surface area contributed by atoms with E-state index in [9.17, 15) is 9.59 Å². The first-order chi connectivity index (χ1) is 12.5. The number of nitrogens with two attached hydrogens (primary N) is 1. The number of piperidine rings is 1. The van der Waals surface area contributed by atoms with E-state index in [1.165, 1.54) is 0 Å². The number of pyridine rings is 1. The molecule has 9 heteroatoms. The highest BCUT2D eigenvalue weighted by Gasteiger charge is 2.29. The topological polar surface area (TPSA) is 110 Å². The van der Waals surface area contributed by atoms with Crippen molar-refractivity contribution in [2.24, 2.45) is 5.73 Å². The smallest absolute Gasteiger partial charge is 0.319 e. The third-order valence-corrected chi connectivity index (χ3v) is 4.43. The van der Waals surface area contributed by atoms with Gasteiger partial charge in [0.1, 0.15) is 5.82 Å². The number of amides is 3. The molecule has 1 fully saturated rings. The summed E-state index contributed by atoms with van der Waals surface area (Å²) in [6.45, 7) is 1.33. The molecule has 2 N–H and O–H groups in total. The lowest BCUT2D eigenvalue weighted by atomic mass is 9.96. The van der Waals surface area contributed by atoms with E-state index in [-0.39, 0.29) is 18.4 Å². The molecule has 0 unspecified atom stereocenters. The molecule has 3 amide bonds. The van der Waals surface area contributed by atoms with Crippen molar-refractivity contribution in [3.8, 4) is 5.69 Å². The molecule has 0 saturated carbocycles. The summed E-state index contributed by atoms with van der Waals surface area (Å²) in [6.07, 6.45) is 4.96. The second-order valence-electron chi connectivity index (χ2n) is 6.58. The van der Waals surface area contributed by atoms with Crippen LogP contribution in [0.2, 0.25) is 0 Å². The SMILES string of the molecule is CN(C)C(=O)N1CCC(c2nc(CC(N)=O)nn2-c2ccncc2)CC1. The van der Waals surface area contributed by atoms with E-state index in [4.69, 9.17) is 5.73 Å². The number of nitrogens with zero attached hydrogens (tertiary/aromatic N) is 6. The molecule has 0 radical (unpaired) electrons. The van der Waals surface area contributed by atoms with Crippen LogP contribution in [-0.4, -0.2) is 68.7 Å². The minimum Gasteiger partial charge on any atom is -0.369 e. The van der Waals surface area contributed by atoms with Gasteiger partial charge in [-0.05, 0) is 25.0 Å². The van der Waals surface area contributed by atoms with Gasteiger partial charge in [-0.2, -0.15) is 5.10 Å². The van der Waals surface area contributed by atoms with Crippen molar-refractivity contribution in [1.29, 1.82) is 0 Å². The molecule has 26 heavy (non-hydrogen) atoms. The minimum atomic E-state index is -0.463. The number of primary amides is 1. The van der Waals surface area contributed by atoms with E-state index >= 15 is 0 Å². The Morgan fingerprint density at radius 3 is 2.46 bits per heavy atom. The number of hydrogen-bond acceptors (Lipinski definition) is 5. The second kappa shape index (κ2) is 7.51. The average molecular weight is 357 g/mol. The normalized spacial score (nSPS) is 15.1. The molecule has 1 aliphatic heterocycles.